The van der Waals surface area contributed by atoms with E-state index in [1.807, 2.05) is 35.0 Å². The minimum atomic E-state index is -0.324. The lowest BCUT2D eigenvalue weighted by Crippen LogP contribution is -2.44. The van der Waals surface area contributed by atoms with Gasteiger partial charge in [-0.2, -0.15) is 0 Å². The maximum absolute atomic E-state index is 13.0. The van der Waals surface area contributed by atoms with Crippen LogP contribution in [0.2, 0.25) is 0 Å². The van der Waals surface area contributed by atoms with Crippen molar-refractivity contribution in [1.82, 2.24) is 20.2 Å². The number of fused-ring (bicyclic) bond motifs is 1. The van der Waals surface area contributed by atoms with Crippen molar-refractivity contribution >= 4 is 17.7 Å². The van der Waals surface area contributed by atoms with E-state index in [1.165, 1.54) is 17.3 Å². The molecule has 0 aliphatic carbocycles. The average Bonchev–Trinajstić information content (AvgIpc) is 3.17. The van der Waals surface area contributed by atoms with Gasteiger partial charge in [-0.25, -0.2) is 4.68 Å². The smallest absolute Gasteiger partial charge is 0.236 e. The van der Waals surface area contributed by atoms with Crippen LogP contribution in [0.25, 0.3) is 11.4 Å². The maximum Gasteiger partial charge on any atom is 0.236 e. The number of rotatable bonds is 6. The van der Waals surface area contributed by atoms with Crippen molar-refractivity contribution in [3.8, 4) is 11.4 Å². The summed E-state index contributed by atoms with van der Waals surface area (Å²) in [5.74, 6) is 0.770. The number of aromatic nitrogens is 3. The molecular formula is C22H25N5OS. The Morgan fingerprint density at radius 1 is 1.14 bits per heavy atom. The summed E-state index contributed by atoms with van der Waals surface area (Å²) in [5, 5.41) is 12.2. The molecule has 0 radical (unpaired) electrons. The highest BCUT2D eigenvalue weighted by Gasteiger charge is 2.37. The molecule has 0 unspecified atom stereocenters. The molecule has 7 heteroatoms. The summed E-state index contributed by atoms with van der Waals surface area (Å²) in [6.45, 7) is 4.87. The molecule has 0 fully saturated rings. The molecule has 3 aromatic rings. The van der Waals surface area contributed by atoms with E-state index in [-0.39, 0.29) is 17.2 Å². The number of aryl methyl sites for hydroxylation is 1. The van der Waals surface area contributed by atoms with Gasteiger partial charge in [-0.3, -0.25) is 4.79 Å². The number of benzene rings is 2. The fourth-order valence-electron chi connectivity index (χ4n) is 3.34. The molecule has 6 nitrogen and oxygen atoms in total. The normalized spacial score (nSPS) is 18.0. The second-order valence-electron chi connectivity index (χ2n) is 7.21. The van der Waals surface area contributed by atoms with Crippen molar-refractivity contribution in [3.63, 3.8) is 0 Å². The fraction of sp³-hybridized carbons (Fsp3) is 0.318. The lowest BCUT2D eigenvalue weighted by atomic mass is 10.0. The van der Waals surface area contributed by atoms with Crippen molar-refractivity contribution in [2.75, 3.05) is 12.0 Å². The Hall–Kier alpha value is -2.80. The molecule has 2 aromatic carbocycles. The molecule has 1 aliphatic rings. The van der Waals surface area contributed by atoms with Gasteiger partial charge in [0, 0.05) is 12.1 Å². The molecular weight excluding hydrogens is 382 g/mol. The van der Waals surface area contributed by atoms with Crippen molar-refractivity contribution in [1.29, 1.82) is 0 Å². The third kappa shape index (κ3) is 4.15. The highest BCUT2D eigenvalue weighted by atomic mass is 32.2. The average molecular weight is 408 g/mol. The van der Waals surface area contributed by atoms with Crippen LogP contribution in [0.4, 0.5) is 0 Å². The molecule has 2 atom stereocenters. The number of nitrogens with zero attached hydrogens (tertiary/aromatic N) is 3. The summed E-state index contributed by atoms with van der Waals surface area (Å²) in [4.78, 5) is 13.0. The highest BCUT2D eigenvalue weighted by molar-refractivity contribution is 8.00. The van der Waals surface area contributed by atoms with E-state index in [0.717, 1.165) is 29.8 Å². The molecule has 0 bridgehead atoms. The minimum Gasteiger partial charge on any atom is -0.355 e. The predicted octanol–water partition coefficient (Wildman–Crippen LogP) is 3.93. The SMILES string of the molecule is CCCCNC(=O)[C@@H]1Sc2nnc(-c3ccccc3)n2N[C@H]1c1ccc(C)cc1. The van der Waals surface area contributed by atoms with Crippen LogP contribution < -0.4 is 10.7 Å². The topological polar surface area (TPSA) is 71.8 Å². The van der Waals surface area contributed by atoms with Crippen LogP contribution >= 0.6 is 11.8 Å². The van der Waals surface area contributed by atoms with E-state index in [0.29, 0.717) is 11.7 Å². The monoisotopic (exact) mass is 407 g/mol. The van der Waals surface area contributed by atoms with Gasteiger partial charge in [0.05, 0.1) is 6.04 Å². The molecule has 2 N–H and O–H groups in total. The Balaban J connectivity index is 1.68. The first-order valence-electron chi connectivity index (χ1n) is 9.95. The predicted molar refractivity (Wildman–Crippen MR) is 116 cm³/mol. The zero-order chi connectivity index (χ0) is 20.2. The molecule has 2 heterocycles. The number of unbranched alkanes of at least 4 members (excludes halogenated alkanes) is 1. The lowest BCUT2D eigenvalue weighted by Gasteiger charge is -2.33. The summed E-state index contributed by atoms with van der Waals surface area (Å²) in [6, 6.07) is 18.1. The van der Waals surface area contributed by atoms with E-state index in [9.17, 15) is 4.79 Å². The number of hydrogen-bond acceptors (Lipinski definition) is 5. The molecule has 1 aliphatic heterocycles. The Morgan fingerprint density at radius 2 is 1.90 bits per heavy atom. The minimum absolute atomic E-state index is 0.0250. The summed E-state index contributed by atoms with van der Waals surface area (Å²) in [5.41, 5.74) is 6.75. The molecule has 150 valence electrons. The van der Waals surface area contributed by atoms with Crippen LogP contribution in [0.15, 0.2) is 59.8 Å². The van der Waals surface area contributed by atoms with Gasteiger partial charge < -0.3 is 10.7 Å². The summed E-state index contributed by atoms with van der Waals surface area (Å²) >= 11 is 1.46. The molecule has 1 aromatic heterocycles. The molecule has 29 heavy (non-hydrogen) atoms. The van der Waals surface area contributed by atoms with Gasteiger partial charge in [0.2, 0.25) is 11.1 Å². The van der Waals surface area contributed by atoms with Gasteiger partial charge in [0.1, 0.15) is 5.25 Å². The summed E-state index contributed by atoms with van der Waals surface area (Å²) in [6.07, 6.45) is 2.02. The van der Waals surface area contributed by atoms with Crippen molar-refractivity contribution < 1.29 is 4.79 Å². The van der Waals surface area contributed by atoms with Crippen molar-refractivity contribution in [2.24, 2.45) is 0 Å². The molecule has 4 rings (SSSR count). The largest absolute Gasteiger partial charge is 0.355 e. The fourth-order valence-corrected chi connectivity index (χ4v) is 4.45. The van der Waals surface area contributed by atoms with Gasteiger partial charge in [-0.15, -0.1) is 10.2 Å². The van der Waals surface area contributed by atoms with Gasteiger partial charge >= 0.3 is 0 Å². The van der Waals surface area contributed by atoms with E-state index >= 15 is 0 Å². The Kier molecular flexibility index (Phi) is 5.85. The van der Waals surface area contributed by atoms with Crippen LogP contribution in [0, 0.1) is 6.92 Å². The second kappa shape index (κ2) is 8.69. The van der Waals surface area contributed by atoms with E-state index in [4.69, 9.17) is 0 Å². The Labute approximate surface area is 175 Å². The molecule has 1 amide bonds. The number of nitrogens with one attached hydrogen (secondary N) is 2. The number of amides is 1. The van der Waals surface area contributed by atoms with E-state index in [1.54, 1.807) is 0 Å². The zero-order valence-corrected chi connectivity index (χ0v) is 17.4. The zero-order valence-electron chi connectivity index (χ0n) is 16.6. The number of hydrogen-bond donors (Lipinski definition) is 2. The first kappa shape index (κ1) is 19.5. The lowest BCUT2D eigenvalue weighted by molar-refractivity contribution is -0.120. The van der Waals surface area contributed by atoms with Crippen LogP contribution in [-0.4, -0.2) is 32.6 Å². The van der Waals surface area contributed by atoms with Crippen LogP contribution in [-0.2, 0) is 4.79 Å². The maximum atomic E-state index is 13.0. The van der Waals surface area contributed by atoms with Crippen molar-refractivity contribution in [3.05, 3.63) is 65.7 Å². The third-order valence-corrected chi connectivity index (χ3v) is 6.21. The van der Waals surface area contributed by atoms with Crippen LogP contribution in [0.3, 0.4) is 0 Å². The quantitative estimate of drug-likeness (QED) is 0.606. The van der Waals surface area contributed by atoms with Gasteiger partial charge in [0.15, 0.2) is 5.82 Å². The Bertz CT molecular complexity index is 971. The Morgan fingerprint density at radius 3 is 2.62 bits per heavy atom. The first-order chi connectivity index (χ1) is 14.2. The first-order valence-corrected chi connectivity index (χ1v) is 10.8. The standard InChI is InChI=1S/C22H25N5OS/c1-3-4-14-23-21(28)19-18(16-12-10-15(2)11-13-16)26-27-20(24-25-22(27)29-19)17-8-6-5-7-9-17/h5-13,18-19,26H,3-4,14H2,1-2H3,(H,23,28)/t18-,19+/m0/s1. The molecule has 0 spiro atoms. The van der Waals surface area contributed by atoms with E-state index < -0.39 is 0 Å². The van der Waals surface area contributed by atoms with Gasteiger partial charge in [-0.1, -0.05) is 85.3 Å². The third-order valence-electron chi connectivity index (χ3n) is 4.99. The van der Waals surface area contributed by atoms with Crippen LogP contribution in [0.5, 0.6) is 0 Å². The van der Waals surface area contributed by atoms with E-state index in [2.05, 4.69) is 59.1 Å². The summed E-state index contributed by atoms with van der Waals surface area (Å²) < 4.78 is 1.90. The van der Waals surface area contributed by atoms with Gasteiger partial charge in [-0.05, 0) is 18.9 Å². The van der Waals surface area contributed by atoms with Crippen LogP contribution in [0.1, 0.15) is 36.9 Å². The molecule has 0 saturated carbocycles. The number of carbonyl (C=O) groups excluding carboxylic acids is 1. The molecule has 0 saturated heterocycles. The highest BCUT2D eigenvalue weighted by Crippen LogP contribution is 2.38. The number of carbonyl (C=O) groups is 1. The number of thioether (sulfide) groups is 1. The van der Waals surface area contributed by atoms with Gasteiger partial charge in [0.25, 0.3) is 0 Å². The van der Waals surface area contributed by atoms with Crippen molar-refractivity contribution in [2.45, 2.75) is 43.1 Å². The summed E-state index contributed by atoms with van der Waals surface area (Å²) in [7, 11) is 0. The second-order valence-corrected chi connectivity index (χ2v) is 8.32.